The molecule has 12 nitrogen and oxygen atoms in total. The molecule has 0 radical (unpaired) electrons. The molecule has 3 amide bonds. The van der Waals surface area contributed by atoms with Crippen molar-refractivity contribution in [3.63, 3.8) is 0 Å². The van der Waals surface area contributed by atoms with Crippen molar-refractivity contribution in [3.05, 3.63) is 26.6 Å². The molecule has 9 N–H and O–H groups in total. The third kappa shape index (κ3) is 9.29. The van der Waals surface area contributed by atoms with E-state index in [-0.39, 0.29) is 47.8 Å². The summed E-state index contributed by atoms with van der Waals surface area (Å²) in [5.41, 5.74) is 11.3. The Morgan fingerprint density at radius 2 is 1.81 bits per heavy atom. The number of phenols is 1. The highest BCUT2D eigenvalue weighted by Crippen LogP contribution is 2.41. The lowest BCUT2D eigenvalue weighted by Gasteiger charge is -2.38. The summed E-state index contributed by atoms with van der Waals surface area (Å²) in [6.07, 6.45) is 2.02. The molecule has 14 heteroatoms. The van der Waals surface area contributed by atoms with Crippen molar-refractivity contribution in [2.45, 2.75) is 95.5 Å². The number of unbranched alkanes of at least 4 members (excludes halogenated alkanes) is 1. The summed E-state index contributed by atoms with van der Waals surface area (Å²) in [4.78, 5) is 46.4. The number of carbonyl (C=O) groups is 3. The van der Waals surface area contributed by atoms with Crippen molar-refractivity contribution >= 4 is 55.5 Å². The van der Waals surface area contributed by atoms with Crippen molar-refractivity contribution in [1.29, 1.82) is 0 Å². The Hall–Kier alpha value is -2.42. The summed E-state index contributed by atoms with van der Waals surface area (Å²) in [7, 11) is 0. The number of halogens is 2. The van der Waals surface area contributed by atoms with Crippen LogP contribution in [-0.4, -0.2) is 87.3 Å². The first-order chi connectivity index (χ1) is 20.3. The molecule has 1 saturated heterocycles. The van der Waals surface area contributed by atoms with Gasteiger partial charge < -0.3 is 42.3 Å². The molecule has 2 fully saturated rings. The minimum Gasteiger partial charge on any atom is -0.506 e. The van der Waals surface area contributed by atoms with E-state index >= 15 is 0 Å². The number of likely N-dealkylation sites (tertiary alicyclic amines) is 1. The second-order valence-corrected chi connectivity index (χ2v) is 13.3. The number of nitrogens with one attached hydrogen (secondary N) is 2. The predicted octanol–water partition coefficient (Wildman–Crippen LogP) is 1.65. The predicted molar refractivity (Wildman–Crippen MR) is 170 cm³/mol. The zero-order valence-corrected chi connectivity index (χ0v) is 27.8. The maximum Gasteiger partial charge on any atom is 0.249 e. The number of hydrogen-bond donors (Lipinski definition) is 7. The summed E-state index contributed by atoms with van der Waals surface area (Å²) < 4.78 is 0.821. The topological polar surface area (TPSA) is 204 Å². The molecule has 0 spiro atoms. The molecule has 0 bridgehead atoms. The van der Waals surface area contributed by atoms with Gasteiger partial charge in [-0.05, 0) is 99.9 Å². The number of benzene rings is 1. The summed E-state index contributed by atoms with van der Waals surface area (Å²) in [6, 6.07) is 1.19. The van der Waals surface area contributed by atoms with E-state index in [9.17, 15) is 29.7 Å². The quantitative estimate of drug-likeness (QED) is 0.0901. The number of rotatable bonds is 13. The van der Waals surface area contributed by atoms with Crippen LogP contribution in [-0.2, 0) is 20.8 Å². The molecular formula is C29H44Br2N6O6. The fourth-order valence-electron chi connectivity index (χ4n) is 5.90. The molecule has 1 aliphatic carbocycles. The van der Waals surface area contributed by atoms with Gasteiger partial charge in [-0.1, -0.05) is 20.3 Å². The van der Waals surface area contributed by atoms with Crippen LogP contribution >= 0.6 is 31.9 Å². The van der Waals surface area contributed by atoms with Crippen LogP contribution < -0.4 is 22.1 Å². The number of aliphatic imine (C=N–C) groups is 1. The Kier molecular flexibility index (Phi) is 13.1. The van der Waals surface area contributed by atoms with Crippen LogP contribution in [0.5, 0.6) is 5.75 Å². The molecule has 1 aromatic rings. The monoisotopic (exact) mass is 730 g/mol. The van der Waals surface area contributed by atoms with Crippen LogP contribution in [0.1, 0.15) is 64.4 Å². The largest absolute Gasteiger partial charge is 0.506 e. The molecule has 1 heterocycles. The Bertz CT molecular complexity index is 1160. The van der Waals surface area contributed by atoms with Crippen LogP contribution in [0.25, 0.3) is 0 Å². The Morgan fingerprint density at radius 1 is 1.14 bits per heavy atom. The molecule has 1 aromatic carbocycles. The van der Waals surface area contributed by atoms with Gasteiger partial charge in [0.1, 0.15) is 23.9 Å². The van der Waals surface area contributed by atoms with E-state index in [4.69, 9.17) is 11.5 Å². The number of carbonyl (C=O) groups excluding carboxylic acids is 3. The van der Waals surface area contributed by atoms with Crippen LogP contribution in [0.15, 0.2) is 26.1 Å². The minimum atomic E-state index is -1.46. The van der Waals surface area contributed by atoms with Crippen LogP contribution in [0, 0.1) is 11.8 Å². The van der Waals surface area contributed by atoms with Gasteiger partial charge >= 0.3 is 0 Å². The Balaban J connectivity index is 1.76. The lowest BCUT2D eigenvalue weighted by Crippen LogP contribution is -2.59. The number of aromatic hydroxyl groups is 1. The SMILES string of the molecule is CCC(C)C(NC(=O)C(O)Cc1cc(Br)c(O)c(Br)c1)C(=O)N1C(C(=O)NCCCCN=C(N)N)CC2CCC(O)CC21. The van der Waals surface area contributed by atoms with E-state index in [2.05, 4.69) is 47.5 Å². The normalized spacial score (nSPS) is 23.5. The lowest BCUT2D eigenvalue weighted by molar-refractivity contribution is -0.146. The van der Waals surface area contributed by atoms with Crippen molar-refractivity contribution in [1.82, 2.24) is 15.5 Å². The molecule has 3 rings (SSSR count). The zero-order valence-electron chi connectivity index (χ0n) is 24.6. The van der Waals surface area contributed by atoms with Crippen molar-refractivity contribution in [2.24, 2.45) is 28.3 Å². The number of amides is 3. The number of nitrogens with two attached hydrogens (primary N) is 2. The van der Waals surface area contributed by atoms with E-state index in [1.54, 1.807) is 17.0 Å². The fourth-order valence-corrected chi connectivity index (χ4v) is 7.19. The lowest BCUT2D eigenvalue weighted by atomic mass is 9.83. The number of hydrogen-bond acceptors (Lipinski definition) is 7. The number of fused-ring (bicyclic) bond motifs is 1. The third-order valence-electron chi connectivity index (χ3n) is 8.47. The van der Waals surface area contributed by atoms with Gasteiger partial charge in [-0.3, -0.25) is 19.4 Å². The first kappa shape index (κ1) is 35.1. The van der Waals surface area contributed by atoms with Crippen LogP contribution in [0.2, 0.25) is 0 Å². The van der Waals surface area contributed by atoms with Crippen molar-refractivity contribution < 1.29 is 29.7 Å². The second-order valence-electron chi connectivity index (χ2n) is 11.6. The van der Waals surface area contributed by atoms with E-state index < -0.39 is 30.2 Å². The maximum absolute atomic E-state index is 14.2. The maximum atomic E-state index is 14.2. The molecule has 2 aliphatic rings. The molecule has 0 aromatic heterocycles. The first-order valence-corrected chi connectivity index (χ1v) is 16.4. The number of nitrogens with zero attached hydrogens (tertiary/aromatic N) is 2. The smallest absolute Gasteiger partial charge is 0.249 e. The molecular weight excluding hydrogens is 688 g/mol. The number of aliphatic hydroxyl groups excluding tert-OH is 2. The van der Waals surface area contributed by atoms with E-state index in [1.807, 2.05) is 13.8 Å². The molecule has 43 heavy (non-hydrogen) atoms. The highest BCUT2D eigenvalue weighted by atomic mass is 79.9. The van der Waals surface area contributed by atoms with Gasteiger partial charge in [0.25, 0.3) is 0 Å². The van der Waals surface area contributed by atoms with Crippen LogP contribution in [0.3, 0.4) is 0 Å². The summed E-state index contributed by atoms with van der Waals surface area (Å²) in [5, 5.41) is 36.9. The van der Waals surface area contributed by atoms with Crippen molar-refractivity contribution in [3.8, 4) is 5.75 Å². The molecule has 7 unspecified atom stereocenters. The average Bonchev–Trinajstić information content (AvgIpc) is 3.33. The minimum absolute atomic E-state index is 0.00593. The average molecular weight is 733 g/mol. The van der Waals surface area contributed by atoms with Crippen LogP contribution in [0.4, 0.5) is 0 Å². The first-order valence-electron chi connectivity index (χ1n) is 14.8. The number of aliphatic hydroxyl groups is 2. The highest BCUT2D eigenvalue weighted by Gasteiger charge is 2.50. The summed E-state index contributed by atoms with van der Waals surface area (Å²) >= 11 is 6.51. The summed E-state index contributed by atoms with van der Waals surface area (Å²) in [5.74, 6) is -1.56. The Labute approximate surface area is 269 Å². The zero-order chi connectivity index (χ0) is 31.8. The van der Waals surface area contributed by atoms with Gasteiger partial charge in [-0.2, -0.15) is 0 Å². The summed E-state index contributed by atoms with van der Waals surface area (Å²) in [6.45, 7) is 4.61. The molecule has 1 aliphatic heterocycles. The van der Waals surface area contributed by atoms with E-state index in [0.29, 0.717) is 72.5 Å². The van der Waals surface area contributed by atoms with Gasteiger partial charge in [0.15, 0.2) is 5.96 Å². The Morgan fingerprint density at radius 3 is 2.44 bits per heavy atom. The van der Waals surface area contributed by atoms with Gasteiger partial charge in [0.05, 0.1) is 15.0 Å². The van der Waals surface area contributed by atoms with Gasteiger partial charge in [0.2, 0.25) is 17.7 Å². The third-order valence-corrected chi connectivity index (χ3v) is 9.68. The molecule has 1 saturated carbocycles. The fraction of sp³-hybridized carbons (Fsp3) is 0.655. The van der Waals surface area contributed by atoms with E-state index in [1.165, 1.54) is 0 Å². The van der Waals surface area contributed by atoms with Crippen molar-refractivity contribution in [2.75, 3.05) is 13.1 Å². The standard InChI is InChI=1S/C29H44Br2N6O6/c1-3-15(2)24(36-27(42)23(39)12-16-10-19(30)25(40)20(31)11-16)28(43)37-21-14-18(38)7-6-17(21)13-22(37)26(41)34-8-4-5-9-35-29(32)33/h10-11,15,17-18,21-24,38-40H,3-9,12-14H2,1-2H3,(H,34,41)(H,36,42)(H4,32,33,35). The van der Waals surface area contributed by atoms with Gasteiger partial charge in [0, 0.05) is 25.6 Å². The second kappa shape index (κ2) is 16.1. The number of phenolic OH excluding ortho intramolecular Hbond substituents is 1. The van der Waals surface area contributed by atoms with Gasteiger partial charge in [-0.15, -0.1) is 0 Å². The number of guanidine groups is 1. The highest BCUT2D eigenvalue weighted by molar-refractivity contribution is 9.11. The molecule has 7 atom stereocenters. The van der Waals surface area contributed by atoms with Gasteiger partial charge in [-0.25, -0.2) is 0 Å². The van der Waals surface area contributed by atoms with E-state index in [0.717, 1.165) is 0 Å². The molecule has 240 valence electrons.